The van der Waals surface area contributed by atoms with E-state index in [1.165, 1.54) is 6.42 Å². The molecule has 1 heterocycles. The quantitative estimate of drug-likeness (QED) is 0.540. The van der Waals surface area contributed by atoms with Crippen LogP contribution in [0, 0.1) is 5.92 Å². The molecular formula is C11H18ClNOS. The average molecular weight is 248 g/mol. The van der Waals surface area contributed by atoms with Crippen LogP contribution in [0.2, 0.25) is 0 Å². The van der Waals surface area contributed by atoms with Crippen LogP contribution in [0.4, 0.5) is 0 Å². The summed E-state index contributed by atoms with van der Waals surface area (Å²) < 4.78 is 5.53. The Balaban J connectivity index is 2.09. The third kappa shape index (κ3) is 5.50. The number of halogens is 1. The lowest BCUT2D eigenvalue weighted by Crippen LogP contribution is -1.97. The normalized spacial score (nSPS) is 11.2. The number of aromatic nitrogens is 1. The summed E-state index contributed by atoms with van der Waals surface area (Å²) in [6.07, 6.45) is 2.36. The van der Waals surface area contributed by atoms with Gasteiger partial charge in [0, 0.05) is 12.0 Å². The Bertz CT molecular complexity index is 275. The summed E-state index contributed by atoms with van der Waals surface area (Å²) in [5, 5.41) is 3.01. The molecule has 0 atom stereocenters. The molecule has 0 amide bonds. The van der Waals surface area contributed by atoms with E-state index in [4.69, 9.17) is 16.3 Å². The van der Waals surface area contributed by atoms with Gasteiger partial charge in [-0.05, 0) is 18.8 Å². The Labute approximate surface area is 101 Å². The van der Waals surface area contributed by atoms with E-state index in [9.17, 15) is 0 Å². The van der Waals surface area contributed by atoms with Gasteiger partial charge in [0.25, 0.3) is 0 Å². The highest BCUT2D eigenvalue weighted by Gasteiger charge is 2.01. The zero-order valence-electron chi connectivity index (χ0n) is 9.33. The Morgan fingerprint density at radius 3 is 2.93 bits per heavy atom. The van der Waals surface area contributed by atoms with Gasteiger partial charge in [0.05, 0.1) is 18.2 Å². The highest BCUT2D eigenvalue weighted by Crippen LogP contribution is 2.13. The van der Waals surface area contributed by atoms with E-state index in [0.717, 1.165) is 29.6 Å². The fourth-order valence-corrected chi connectivity index (χ4v) is 2.19. The smallest absolute Gasteiger partial charge is 0.119 e. The van der Waals surface area contributed by atoms with Gasteiger partial charge in [-0.3, -0.25) is 0 Å². The fraction of sp³-hybridized carbons (Fsp3) is 0.727. The highest BCUT2D eigenvalue weighted by molar-refractivity contribution is 7.09. The number of alkyl halides is 1. The lowest BCUT2D eigenvalue weighted by molar-refractivity contribution is 0.114. The second kappa shape index (κ2) is 7.20. The van der Waals surface area contributed by atoms with Gasteiger partial charge in [-0.25, -0.2) is 4.98 Å². The molecule has 0 saturated heterocycles. The fourth-order valence-electron chi connectivity index (χ4n) is 1.23. The summed E-state index contributed by atoms with van der Waals surface area (Å²) >= 11 is 7.28. The van der Waals surface area contributed by atoms with Crippen LogP contribution >= 0.6 is 22.9 Å². The van der Waals surface area contributed by atoms with E-state index in [0.29, 0.717) is 12.5 Å². The van der Waals surface area contributed by atoms with Crippen LogP contribution in [-0.4, -0.2) is 11.6 Å². The number of nitrogens with zero attached hydrogens (tertiary/aromatic N) is 1. The number of thiazole rings is 1. The minimum atomic E-state index is 0.490. The second-order valence-corrected chi connectivity index (χ2v) is 5.16. The predicted octanol–water partition coefficient (Wildman–Crippen LogP) is 3.83. The first-order valence-corrected chi connectivity index (χ1v) is 6.70. The maximum atomic E-state index is 5.66. The molecule has 4 heteroatoms. The predicted molar refractivity (Wildman–Crippen MR) is 65.4 cm³/mol. The Morgan fingerprint density at radius 2 is 2.33 bits per heavy atom. The molecule has 0 spiro atoms. The molecule has 2 nitrogen and oxygen atoms in total. The van der Waals surface area contributed by atoms with Crippen molar-refractivity contribution in [3.05, 3.63) is 16.1 Å². The van der Waals surface area contributed by atoms with Gasteiger partial charge in [-0.2, -0.15) is 0 Å². The van der Waals surface area contributed by atoms with Crippen LogP contribution in [-0.2, 0) is 17.2 Å². The van der Waals surface area contributed by atoms with Gasteiger partial charge < -0.3 is 4.74 Å². The molecule has 0 saturated carbocycles. The molecule has 0 unspecified atom stereocenters. The van der Waals surface area contributed by atoms with Crippen LogP contribution in [0.3, 0.4) is 0 Å². The summed E-state index contributed by atoms with van der Waals surface area (Å²) in [6, 6.07) is 0. The standard InChI is InChI=1S/C11H18ClNOS/c1-9(2)4-3-5-14-7-11-13-10(6-12)8-15-11/h8-9H,3-7H2,1-2H3. The Hall–Kier alpha value is -0.120. The van der Waals surface area contributed by atoms with Crippen LogP contribution < -0.4 is 0 Å². The monoisotopic (exact) mass is 247 g/mol. The van der Waals surface area contributed by atoms with Crippen LogP contribution in [0.5, 0.6) is 0 Å². The summed E-state index contributed by atoms with van der Waals surface area (Å²) in [5.74, 6) is 1.25. The minimum absolute atomic E-state index is 0.490. The maximum absolute atomic E-state index is 5.66. The summed E-state index contributed by atoms with van der Waals surface area (Å²) in [6.45, 7) is 5.91. The number of hydrogen-bond acceptors (Lipinski definition) is 3. The number of ether oxygens (including phenoxy) is 1. The summed E-state index contributed by atoms with van der Waals surface area (Å²) in [4.78, 5) is 4.32. The minimum Gasteiger partial charge on any atom is -0.374 e. The molecule has 0 aromatic carbocycles. The zero-order chi connectivity index (χ0) is 11.1. The molecule has 0 aliphatic heterocycles. The molecule has 0 radical (unpaired) electrons. The molecule has 0 fully saturated rings. The van der Waals surface area contributed by atoms with Crippen molar-refractivity contribution in [2.75, 3.05) is 6.61 Å². The van der Waals surface area contributed by atoms with Crippen molar-refractivity contribution >= 4 is 22.9 Å². The van der Waals surface area contributed by atoms with Gasteiger partial charge >= 0.3 is 0 Å². The zero-order valence-corrected chi connectivity index (χ0v) is 10.9. The van der Waals surface area contributed by atoms with E-state index in [1.54, 1.807) is 11.3 Å². The van der Waals surface area contributed by atoms with E-state index < -0.39 is 0 Å². The third-order valence-electron chi connectivity index (χ3n) is 2.03. The van der Waals surface area contributed by atoms with Crippen molar-refractivity contribution in [2.24, 2.45) is 5.92 Å². The van der Waals surface area contributed by atoms with E-state index in [-0.39, 0.29) is 0 Å². The number of rotatable bonds is 7. The Kier molecular flexibility index (Phi) is 6.22. The molecule has 1 aromatic heterocycles. The van der Waals surface area contributed by atoms with Gasteiger partial charge in [0.2, 0.25) is 0 Å². The SMILES string of the molecule is CC(C)CCCOCc1nc(CCl)cs1. The average Bonchev–Trinajstić information content (AvgIpc) is 2.65. The maximum Gasteiger partial charge on any atom is 0.119 e. The summed E-state index contributed by atoms with van der Waals surface area (Å²) in [5.41, 5.74) is 0.947. The summed E-state index contributed by atoms with van der Waals surface area (Å²) in [7, 11) is 0. The van der Waals surface area contributed by atoms with Crippen molar-refractivity contribution in [1.82, 2.24) is 4.98 Å². The lowest BCUT2D eigenvalue weighted by Gasteiger charge is -2.04. The largest absolute Gasteiger partial charge is 0.374 e. The van der Waals surface area contributed by atoms with Crippen molar-refractivity contribution in [2.45, 2.75) is 39.2 Å². The molecule has 86 valence electrons. The van der Waals surface area contributed by atoms with Crippen molar-refractivity contribution < 1.29 is 4.74 Å². The molecule has 0 aliphatic carbocycles. The first-order chi connectivity index (χ1) is 7.22. The van der Waals surface area contributed by atoms with Crippen LogP contribution in [0.1, 0.15) is 37.4 Å². The highest BCUT2D eigenvalue weighted by atomic mass is 35.5. The lowest BCUT2D eigenvalue weighted by atomic mass is 10.1. The first kappa shape index (κ1) is 12.9. The molecule has 0 N–H and O–H groups in total. The molecule has 1 aromatic rings. The Morgan fingerprint density at radius 1 is 1.53 bits per heavy atom. The topological polar surface area (TPSA) is 22.1 Å². The van der Waals surface area contributed by atoms with Crippen LogP contribution in [0.15, 0.2) is 5.38 Å². The molecule has 0 bridgehead atoms. The molecule has 1 rings (SSSR count). The van der Waals surface area contributed by atoms with Gasteiger partial charge in [-0.1, -0.05) is 13.8 Å². The van der Waals surface area contributed by atoms with E-state index in [2.05, 4.69) is 18.8 Å². The molecule has 15 heavy (non-hydrogen) atoms. The van der Waals surface area contributed by atoms with Crippen molar-refractivity contribution in [3.8, 4) is 0 Å². The van der Waals surface area contributed by atoms with E-state index in [1.807, 2.05) is 5.38 Å². The third-order valence-corrected chi connectivity index (χ3v) is 3.18. The van der Waals surface area contributed by atoms with Gasteiger partial charge in [0.15, 0.2) is 0 Å². The van der Waals surface area contributed by atoms with Crippen LogP contribution in [0.25, 0.3) is 0 Å². The first-order valence-electron chi connectivity index (χ1n) is 5.29. The van der Waals surface area contributed by atoms with Crippen molar-refractivity contribution in [3.63, 3.8) is 0 Å². The molecular weight excluding hydrogens is 230 g/mol. The number of hydrogen-bond donors (Lipinski definition) is 0. The van der Waals surface area contributed by atoms with Crippen molar-refractivity contribution in [1.29, 1.82) is 0 Å². The van der Waals surface area contributed by atoms with E-state index >= 15 is 0 Å². The molecule has 0 aliphatic rings. The van der Waals surface area contributed by atoms with Gasteiger partial charge in [-0.15, -0.1) is 22.9 Å². The second-order valence-electron chi connectivity index (χ2n) is 3.95. The van der Waals surface area contributed by atoms with Gasteiger partial charge in [0.1, 0.15) is 5.01 Å².